The molecule has 0 aromatic rings. The number of rotatable bonds is 1. The van der Waals surface area contributed by atoms with Crippen LogP contribution in [0.2, 0.25) is 0 Å². The molecule has 0 saturated carbocycles. The molecule has 1 unspecified atom stereocenters. The SMILES string of the molecule is N=[S+]P(=O)([O-])O. The zero-order valence-electron chi connectivity index (χ0n) is 2.62. The molecule has 1 atom stereocenters. The molecule has 0 spiro atoms. The molecule has 0 amide bonds. The maximum Gasteiger partial charge on any atom is 0.445 e. The smallest absolute Gasteiger partial charge is 0.445 e. The zero-order valence-corrected chi connectivity index (χ0v) is 4.33. The third-order valence-corrected chi connectivity index (χ3v) is 1.04. The summed E-state index contributed by atoms with van der Waals surface area (Å²) in [7, 11) is 0. The summed E-state index contributed by atoms with van der Waals surface area (Å²) in [6.45, 7) is -4.31. The molecule has 6 heteroatoms. The molecule has 0 aliphatic heterocycles. The Hall–Kier alpha value is 0.170. The van der Waals surface area contributed by atoms with E-state index in [2.05, 4.69) is 0 Å². The summed E-state index contributed by atoms with van der Waals surface area (Å²) in [4.78, 5) is 17.0. The van der Waals surface area contributed by atoms with Crippen LogP contribution in [-0.2, 0) is 15.7 Å². The summed E-state index contributed by atoms with van der Waals surface area (Å²) in [6.07, 6.45) is 0. The lowest BCUT2D eigenvalue weighted by Crippen LogP contribution is -1.94. The standard InChI is InChI=1S/H2NO3PS/c1-6-5(2,3)4/h1H,(H-,2,3,4). The molecule has 0 aromatic heterocycles. The summed E-state index contributed by atoms with van der Waals surface area (Å²) in [6, 6.07) is 0. The van der Waals surface area contributed by atoms with E-state index in [4.69, 9.17) is 9.67 Å². The lowest BCUT2D eigenvalue weighted by molar-refractivity contribution is -0.184. The van der Waals surface area contributed by atoms with Crippen LogP contribution in [0.1, 0.15) is 0 Å². The molecule has 2 N–H and O–H groups in total. The Labute approximate surface area is 38.0 Å². The van der Waals surface area contributed by atoms with Crippen molar-refractivity contribution < 1.29 is 14.4 Å². The first kappa shape index (κ1) is 6.17. The minimum Gasteiger partial charge on any atom is -0.727 e. The van der Waals surface area contributed by atoms with Crippen LogP contribution in [-0.4, -0.2) is 4.89 Å². The third-order valence-electron chi connectivity index (χ3n) is 0.115. The van der Waals surface area contributed by atoms with Crippen LogP contribution in [0, 0.1) is 4.78 Å². The maximum absolute atomic E-state index is 9.36. The van der Waals surface area contributed by atoms with Gasteiger partial charge in [0.05, 0.1) is 0 Å². The summed E-state index contributed by atoms with van der Waals surface area (Å²) >= 11 is -0.312. The first-order valence-corrected chi connectivity index (χ1v) is 3.95. The van der Waals surface area contributed by atoms with Gasteiger partial charge in [0, 0.05) is 0 Å². The number of hydrogen-bond donors (Lipinski definition) is 2. The van der Waals surface area contributed by atoms with Gasteiger partial charge < -0.3 is 9.79 Å². The molecule has 0 rings (SSSR count). The molecule has 4 nitrogen and oxygen atoms in total. The van der Waals surface area contributed by atoms with Gasteiger partial charge >= 0.3 is 18.0 Å². The van der Waals surface area contributed by atoms with Crippen molar-refractivity contribution in [1.82, 2.24) is 0 Å². The van der Waals surface area contributed by atoms with Crippen molar-refractivity contribution in [2.24, 2.45) is 0 Å². The molecule has 0 aromatic carbocycles. The maximum atomic E-state index is 9.36. The number of nitrogens with one attached hydrogen (secondary N) is 1. The molecule has 6 heavy (non-hydrogen) atoms. The van der Waals surface area contributed by atoms with E-state index in [1.807, 2.05) is 0 Å². The predicted molar refractivity (Wildman–Crippen MR) is 19.9 cm³/mol. The third kappa shape index (κ3) is 4.17. The molecule has 0 radical (unpaired) electrons. The second-order valence-electron chi connectivity index (χ2n) is 0.560. The lowest BCUT2D eigenvalue weighted by atomic mass is 14.0. The van der Waals surface area contributed by atoms with Gasteiger partial charge in [-0.05, 0) is 4.78 Å². The Morgan fingerprint density at radius 3 is 2.17 bits per heavy atom. The second kappa shape index (κ2) is 1.75. The second-order valence-corrected chi connectivity index (χ2v) is 3.61. The summed E-state index contributed by atoms with van der Waals surface area (Å²) in [5, 5.41) is 0. The normalized spacial score (nSPS) is 19.0. The average molecular weight is 127 g/mol. The molecular weight excluding hydrogens is 125 g/mol. The quantitative estimate of drug-likeness (QED) is 0.360. The minimum atomic E-state index is -4.31. The summed E-state index contributed by atoms with van der Waals surface area (Å²) < 4.78 is 15.3. The van der Waals surface area contributed by atoms with Crippen molar-refractivity contribution in [3.05, 3.63) is 0 Å². The van der Waals surface area contributed by atoms with E-state index in [1.165, 1.54) is 0 Å². The molecule has 36 valence electrons. The van der Waals surface area contributed by atoms with Crippen molar-refractivity contribution in [3.8, 4) is 0 Å². The van der Waals surface area contributed by atoms with Crippen LogP contribution in [0.15, 0.2) is 0 Å². The highest BCUT2D eigenvalue weighted by Gasteiger charge is 2.10. The van der Waals surface area contributed by atoms with Crippen molar-refractivity contribution in [1.29, 1.82) is 4.78 Å². The fraction of sp³-hybridized carbons (Fsp3) is 0. The zero-order chi connectivity index (χ0) is 5.21. The van der Waals surface area contributed by atoms with E-state index in [-0.39, 0.29) is 11.2 Å². The molecule has 0 fully saturated rings. The fourth-order valence-corrected chi connectivity index (χ4v) is 0. The average Bonchev–Trinajstić information content (AvgIpc) is 1.35. The first-order valence-electron chi connectivity index (χ1n) is 0.952. The fourth-order valence-electron chi connectivity index (χ4n) is 0. The van der Waals surface area contributed by atoms with E-state index < -0.39 is 6.80 Å². The van der Waals surface area contributed by atoms with Crippen LogP contribution in [0.5, 0.6) is 0 Å². The topological polar surface area (TPSA) is 84.2 Å². The molecule has 0 aliphatic rings. The van der Waals surface area contributed by atoms with E-state index in [9.17, 15) is 9.46 Å². The molecular formula is H2NO3PS. The van der Waals surface area contributed by atoms with Gasteiger partial charge in [0.15, 0.2) is 0 Å². The van der Waals surface area contributed by atoms with Gasteiger partial charge in [0.1, 0.15) is 0 Å². The Bertz CT molecular complexity index is 93.0. The van der Waals surface area contributed by atoms with Crippen molar-refractivity contribution >= 4 is 18.0 Å². The van der Waals surface area contributed by atoms with Gasteiger partial charge in [-0.25, -0.2) is 4.57 Å². The predicted octanol–water partition coefficient (Wildman–Crippen LogP) is -0.708. The van der Waals surface area contributed by atoms with E-state index >= 15 is 0 Å². The molecule has 0 saturated heterocycles. The van der Waals surface area contributed by atoms with Gasteiger partial charge in [-0.15, -0.1) is 0 Å². The molecule has 0 bridgehead atoms. The van der Waals surface area contributed by atoms with Crippen LogP contribution in [0.4, 0.5) is 0 Å². The van der Waals surface area contributed by atoms with Crippen LogP contribution in [0.25, 0.3) is 0 Å². The van der Waals surface area contributed by atoms with Crippen LogP contribution >= 0.6 is 6.80 Å². The highest BCUT2D eigenvalue weighted by atomic mass is 32.7. The van der Waals surface area contributed by atoms with Crippen LogP contribution in [0.3, 0.4) is 0 Å². The lowest BCUT2D eigenvalue weighted by Gasteiger charge is -1.87. The Kier molecular flexibility index (Phi) is 1.80. The summed E-state index contributed by atoms with van der Waals surface area (Å²) in [5.41, 5.74) is 0. The van der Waals surface area contributed by atoms with Crippen LogP contribution < -0.4 is 4.89 Å². The number of hydrogen-bond acceptors (Lipinski definition) is 3. The molecule has 0 aliphatic carbocycles. The highest BCUT2D eigenvalue weighted by Crippen LogP contribution is 2.25. The summed E-state index contributed by atoms with van der Waals surface area (Å²) in [5.74, 6) is 0. The Morgan fingerprint density at radius 1 is 2.00 bits per heavy atom. The van der Waals surface area contributed by atoms with Gasteiger partial charge in [-0.2, -0.15) is 0 Å². The Morgan fingerprint density at radius 2 is 2.17 bits per heavy atom. The van der Waals surface area contributed by atoms with Gasteiger partial charge in [0.2, 0.25) is 0 Å². The monoisotopic (exact) mass is 127 g/mol. The largest absolute Gasteiger partial charge is 0.727 e. The van der Waals surface area contributed by atoms with E-state index in [0.29, 0.717) is 0 Å². The van der Waals surface area contributed by atoms with Crippen molar-refractivity contribution in [2.45, 2.75) is 0 Å². The molecule has 0 heterocycles. The minimum absolute atomic E-state index is 0.312. The highest BCUT2D eigenvalue weighted by molar-refractivity contribution is 8.35. The van der Waals surface area contributed by atoms with Gasteiger partial charge in [-0.3, -0.25) is 0 Å². The van der Waals surface area contributed by atoms with Crippen molar-refractivity contribution in [2.75, 3.05) is 0 Å². The van der Waals surface area contributed by atoms with E-state index in [1.54, 1.807) is 0 Å². The van der Waals surface area contributed by atoms with E-state index in [0.717, 1.165) is 0 Å². The van der Waals surface area contributed by atoms with Crippen molar-refractivity contribution in [3.63, 3.8) is 0 Å². The first-order chi connectivity index (χ1) is 2.56. The Balaban J connectivity index is 3.81. The van der Waals surface area contributed by atoms with Gasteiger partial charge in [-0.1, -0.05) is 0 Å². The van der Waals surface area contributed by atoms with Gasteiger partial charge in [0.25, 0.3) is 0 Å².